The van der Waals surface area contributed by atoms with E-state index in [-0.39, 0.29) is 24.3 Å². The van der Waals surface area contributed by atoms with Crippen molar-refractivity contribution in [2.75, 3.05) is 13.1 Å². The average molecular weight is 402 g/mol. The Kier molecular flexibility index (Phi) is 5.61. The van der Waals surface area contributed by atoms with Crippen molar-refractivity contribution in [3.05, 3.63) is 41.3 Å². The number of aromatic nitrogens is 2. The molecule has 0 bridgehead atoms. The number of carbonyl (C=O) groups excluding carboxylic acids is 2. The number of primary amides is 1. The molecular weight excluding hydrogens is 375 g/mol. The minimum absolute atomic E-state index is 0.171. The van der Waals surface area contributed by atoms with Gasteiger partial charge in [-0.3, -0.25) is 10.1 Å². The fourth-order valence-electron chi connectivity index (χ4n) is 3.45. The van der Waals surface area contributed by atoms with Crippen LogP contribution < -0.4 is 16.4 Å². The number of fused-ring (bicyclic) bond motifs is 1. The standard InChI is InChI=1S/C20H27FN6O2/c1-5-23-15-11-26(19(29)24-20(2,3)4)10-14-16(18(22)28)17(25-27(14)15)12-7-6-8-13(21)9-12/h6-9,15,23H,5,10-11H2,1-4H3,(H2,22,28)(H,24,29). The minimum Gasteiger partial charge on any atom is -0.365 e. The lowest BCUT2D eigenvalue weighted by atomic mass is 10.0. The Labute approximate surface area is 169 Å². The summed E-state index contributed by atoms with van der Waals surface area (Å²) in [5.41, 5.74) is 6.77. The number of halogens is 1. The zero-order chi connectivity index (χ0) is 21.3. The third kappa shape index (κ3) is 4.40. The van der Waals surface area contributed by atoms with Crippen molar-refractivity contribution in [3.8, 4) is 11.3 Å². The first-order chi connectivity index (χ1) is 13.6. The molecular formula is C20H27FN6O2. The van der Waals surface area contributed by atoms with Gasteiger partial charge >= 0.3 is 6.03 Å². The summed E-state index contributed by atoms with van der Waals surface area (Å²) in [5.74, 6) is -1.10. The van der Waals surface area contributed by atoms with Gasteiger partial charge in [0.15, 0.2) is 0 Å². The van der Waals surface area contributed by atoms with Crippen LogP contribution in [0.3, 0.4) is 0 Å². The Morgan fingerprint density at radius 1 is 1.34 bits per heavy atom. The number of nitrogens with two attached hydrogens (primary N) is 1. The highest BCUT2D eigenvalue weighted by atomic mass is 19.1. The second-order valence-corrected chi connectivity index (χ2v) is 8.12. The van der Waals surface area contributed by atoms with E-state index in [1.165, 1.54) is 12.1 Å². The molecule has 1 aliphatic heterocycles. The molecule has 2 aromatic rings. The normalized spacial score (nSPS) is 16.4. The van der Waals surface area contributed by atoms with Crippen LogP contribution in [-0.4, -0.2) is 45.2 Å². The van der Waals surface area contributed by atoms with Crippen LogP contribution in [0.25, 0.3) is 11.3 Å². The molecule has 156 valence electrons. The molecule has 3 amide bonds. The quantitative estimate of drug-likeness (QED) is 0.729. The van der Waals surface area contributed by atoms with E-state index in [4.69, 9.17) is 5.73 Å². The van der Waals surface area contributed by atoms with Crippen LogP contribution in [0.5, 0.6) is 0 Å². The van der Waals surface area contributed by atoms with E-state index in [0.29, 0.717) is 30.0 Å². The largest absolute Gasteiger partial charge is 0.365 e. The lowest BCUT2D eigenvalue weighted by molar-refractivity contribution is 0.0994. The number of likely N-dealkylation sites (N-methyl/N-ethyl adjacent to an activating group) is 1. The first-order valence-corrected chi connectivity index (χ1v) is 9.58. The van der Waals surface area contributed by atoms with Crippen LogP contribution >= 0.6 is 0 Å². The summed E-state index contributed by atoms with van der Waals surface area (Å²) in [6, 6.07) is 5.63. The van der Waals surface area contributed by atoms with Gasteiger partial charge in [-0.05, 0) is 39.4 Å². The summed E-state index contributed by atoms with van der Waals surface area (Å²) in [4.78, 5) is 26.7. The average Bonchev–Trinajstić information content (AvgIpc) is 3.00. The Morgan fingerprint density at radius 3 is 2.66 bits per heavy atom. The Balaban J connectivity index is 2.08. The molecule has 0 aliphatic carbocycles. The van der Waals surface area contributed by atoms with E-state index in [0.717, 1.165) is 0 Å². The highest BCUT2D eigenvalue weighted by Crippen LogP contribution is 2.31. The zero-order valence-corrected chi connectivity index (χ0v) is 17.1. The number of amides is 3. The fourth-order valence-corrected chi connectivity index (χ4v) is 3.45. The lowest BCUT2D eigenvalue weighted by Gasteiger charge is -2.36. The smallest absolute Gasteiger partial charge is 0.318 e. The summed E-state index contributed by atoms with van der Waals surface area (Å²) in [6.07, 6.45) is -0.338. The molecule has 1 aliphatic rings. The van der Waals surface area contributed by atoms with Gasteiger partial charge in [-0.2, -0.15) is 5.10 Å². The molecule has 29 heavy (non-hydrogen) atoms. The van der Waals surface area contributed by atoms with E-state index < -0.39 is 17.3 Å². The topological polar surface area (TPSA) is 105 Å². The number of hydrogen-bond donors (Lipinski definition) is 3. The highest BCUT2D eigenvalue weighted by molar-refractivity contribution is 6.00. The molecule has 1 unspecified atom stereocenters. The number of hydrogen-bond acceptors (Lipinski definition) is 4. The van der Waals surface area contributed by atoms with E-state index in [9.17, 15) is 14.0 Å². The molecule has 1 aromatic carbocycles. The number of carbonyl (C=O) groups is 2. The molecule has 8 nitrogen and oxygen atoms in total. The maximum Gasteiger partial charge on any atom is 0.318 e. The second kappa shape index (κ2) is 7.82. The van der Waals surface area contributed by atoms with Gasteiger partial charge in [0.1, 0.15) is 17.7 Å². The van der Waals surface area contributed by atoms with Gasteiger partial charge in [0.25, 0.3) is 5.91 Å². The number of rotatable bonds is 4. The van der Waals surface area contributed by atoms with Crippen molar-refractivity contribution in [1.82, 2.24) is 25.3 Å². The van der Waals surface area contributed by atoms with E-state index >= 15 is 0 Å². The summed E-state index contributed by atoms with van der Waals surface area (Å²) in [5, 5.41) is 10.8. The third-order valence-corrected chi connectivity index (χ3v) is 4.59. The van der Waals surface area contributed by atoms with Crippen molar-refractivity contribution < 1.29 is 14.0 Å². The van der Waals surface area contributed by atoms with Crippen LogP contribution in [0.2, 0.25) is 0 Å². The first kappa shape index (κ1) is 20.8. The molecule has 3 rings (SSSR count). The minimum atomic E-state index is -0.668. The summed E-state index contributed by atoms with van der Waals surface area (Å²) in [7, 11) is 0. The van der Waals surface area contributed by atoms with Crippen LogP contribution in [0.4, 0.5) is 9.18 Å². The lowest BCUT2D eigenvalue weighted by Crippen LogP contribution is -2.53. The number of nitrogens with zero attached hydrogens (tertiary/aromatic N) is 3. The predicted molar refractivity (Wildman–Crippen MR) is 108 cm³/mol. The molecule has 0 radical (unpaired) electrons. The van der Waals surface area contributed by atoms with Crippen molar-refractivity contribution in [2.45, 2.75) is 45.9 Å². The van der Waals surface area contributed by atoms with Gasteiger partial charge in [0, 0.05) is 11.1 Å². The zero-order valence-electron chi connectivity index (χ0n) is 17.1. The molecule has 0 spiro atoms. The van der Waals surface area contributed by atoms with Crippen LogP contribution in [0, 0.1) is 5.82 Å². The Bertz CT molecular complexity index is 934. The number of benzene rings is 1. The summed E-state index contributed by atoms with van der Waals surface area (Å²) < 4.78 is 15.5. The molecule has 0 saturated carbocycles. The van der Waals surface area contributed by atoms with Gasteiger partial charge in [0.2, 0.25) is 0 Å². The molecule has 9 heteroatoms. The van der Waals surface area contributed by atoms with E-state index in [1.54, 1.807) is 21.7 Å². The van der Waals surface area contributed by atoms with Gasteiger partial charge in [-0.1, -0.05) is 19.1 Å². The van der Waals surface area contributed by atoms with Crippen molar-refractivity contribution in [3.63, 3.8) is 0 Å². The number of nitrogens with one attached hydrogen (secondary N) is 2. The Morgan fingerprint density at radius 2 is 2.07 bits per heavy atom. The van der Waals surface area contributed by atoms with Crippen LogP contribution in [0.1, 0.15) is 49.9 Å². The summed E-state index contributed by atoms with van der Waals surface area (Å²) >= 11 is 0. The van der Waals surface area contributed by atoms with Gasteiger partial charge in [-0.25, -0.2) is 13.9 Å². The molecule has 0 saturated heterocycles. The van der Waals surface area contributed by atoms with Gasteiger partial charge in [0.05, 0.1) is 24.3 Å². The predicted octanol–water partition coefficient (Wildman–Crippen LogP) is 2.22. The van der Waals surface area contributed by atoms with Crippen molar-refractivity contribution in [2.24, 2.45) is 5.73 Å². The molecule has 0 fully saturated rings. The van der Waals surface area contributed by atoms with Crippen LogP contribution in [0.15, 0.2) is 24.3 Å². The Hall–Kier alpha value is -2.94. The summed E-state index contributed by atoms with van der Waals surface area (Å²) in [6.45, 7) is 8.82. The van der Waals surface area contributed by atoms with Crippen molar-refractivity contribution in [1.29, 1.82) is 0 Å². The molecule has 4 N–H and O–H groups in total. The maximum atomic E-state index is 13.8. The highest BCUT2D eigenvalue weighted by Gasteiger charge is 2.35. The van der Waals surface area contributed by atoms with E-state index in [2.05, 4.69) is 15.7 Å². The monoisotopic (exact) mass is 402 g/mol. The van der Waals surface area contributed by atoms with E-state index in [1.807, 2.05) is 27.7 Å². The molecule has 1 aromatic heterocycles. The number of urea groups is 1. The SMILES string of the molecule is CCNC1CN(C(=O)NC(C)(C)C)Cc2c(C(N)=O)c(-c3cccc(F)c3)nn21. The molecule has 2 heterocycles. The fraction of sp³-hybridized carbons (Fsp3) is 0.450. The molecule has 1 atom stereocenters. The second-order valence-electron chi connectivity index (χ2n) is 8.12. The third-order valence-electron chi connectivity index (χ3n) is 4.59. The van der Waals surface area contributed by atoms with Crippen LogP contribution in [-0.2, 0) is 6.54 Å². The maximum absolute atomic E-state index is 13.8. The van der Waals surface area contributed by atoms with Gasteiger partial charge in [-0.15, -0.1) is 0 Å². The first-order valence-electron chi connectivity index (χ1n) is 9.58. The van der Waals surface area contributed by atoms with Gasteiger partial charge < -0.3 is 16.0 Å². The van der Waals surface area contributed by atoms with Crippen molar-refractivity contribution >= 4 is 11.9 Å².